The number of hydrogen-bond donors (Lipinski definition) is 0. The van der Waals surface area contributed by atoms with E-state index in [1.807, 2.05) is 36.9 Å². The fourth-order valence-corrected chi connectivity index (χ4v) is 5.03. The summed E-state index contributed by atoms with van der Waals surface area (Å²) in [7, 11) is 0. The number of ketones is 1. The van der Waals surface area contributed by atoms with Gasteiger partial charge in [0.2, 0.25) is 5.91 Å². The van der Waals surface area contributed by atoms with E-state index in [1.54, 1.807) is 17.7 Å². The lowest BCUT2D eigenvalue weighted by atomic mass is 10.0. The Labute approximate surface area is 193 Å². The third kappa shape index (κ3) is 4.83. The number of Topliss-reactive ketones (excluding diaryl/α,β-unsaturated/α-hetero) is 1. The fraction of sp³-hybridized carbons (Fsp3) is 0.440. The summed E-state index contributed by atoms with van der Waals surface area (Å²) in [5, 5.41) is 1.11. The van der Waals surface area contributed by atoms with Crippen LogP contribution in [0.2, 0.25) is 0 Å². The van der Waals surface area contributed by atoms with Crippen LogP contribution in [0.5, 0.6) is 0 Å². The van der Waals surface area contributed by atoms with Crippen LogP contribution < -0.4 is 4.90 Å². The highest BCUT2D eigenvalue weighted by molar-refractivity contribution is 7.18. The summed E-state index contributed by atoms with van der Waals surface area (Å²) >= 11 is 1.72. The van der Waals surface area contributed by atoms with Crippen molar-refractivity contribution < 1.29 is 9.59 Å². The maximum Gasteiger partial charge on any atom is 0.222 e. The van der Waals surface area contributed by atoms with E-state index in [2.05, 4.69) is 27.9 Å². The van der Waals surface area contributed by atoms with Gasteiger partial charge in [-0.2, -0.15) is 0 Å². The molecular formula is C25H30N4O2S. The van der Waals surface area contributed by atoms with Gasteiger partial charge >= 0.3 is 0 Å². The number of aryl methyl sites for hydroxylation is 3. The van der Waals surface area contributed by atoms with Crippen LogP contribution in [0.15, 0.2) is 30.6 Å². The highest BCUT2D eigenvalue weighted by Crippen LogP contribution is 2.31. The average molecular weight is 451 g/mol. The molecule has 168 valence electrons. The zero-order chi connectivity index (χ0) is 22.7. The van der Waals surface area contributed by atoms with Gasteiger partial charge in [-0.1, -0.05) is 19.1 Å². The van der Waals surface area contributed by atoms with Crippen LogP contribution in [0.1, 0.15) is 52.5 Å². The van der Waals surface area contributed by atoms with Crippen molar-refractivity contribution in [2.24, 2.45) is 0 Å². The van der Waals surface area contributed by atoms with Crippen LogP contribution in [-0.4, -0.2) is 52.7 Å². The van der Waals surface area contributed by atoms with Crippen molar-refractivity contribution in [2.75, 3.05) is 31.1 Å². The lowest BCUT2D eigenvalue weighted by Gasteiger charge is -2.35. The molecule has 1 aliphatic heterocycles. The Kier molecular flexibility index (Phi) is 6.84. The van der Waals surface area contributed by atoms with Gasteiger partial charge in [-0.05, 0) is 49.9 Å². The summed E-state index contributed by atoms with van der Waals surface area (Å²) in [6, 6.07) is 8.00. The second kappa shape index (κ2) is 9.77. The number of hydrogen-bond acceptors (Lipinski definition) is 6. The monoisotopic (exact) mass is 450 g/mol. The predicted molar refractivity (Wildman–Crippen MR) is 130 cm³/mol. The standard InChI is InChI=1S/C25H30N4O2S/c1-4-20-15-21-24(26-16-27-25(21)32-20)29-12-10-28(11-13-29)23(31)7-5-6-22(30)19-9-8-17(2)18(3)14-19/h8-9,14-16H,4-7,10-13H2,1-3H3. The summed E-state index contributed by atoms with van der Waals surface area (Å²) in [6.07, 6.45) is 4.04. The molecule has 0 bridgehead atoms. The molecule has 4 rings (SSSR count). The first-order valence-electron chi connectivity index (χ1n) is 11.3. The molecule has 32 heavy (non-hydrogen) atoms. The Morgan fingerprint density at radius 1 is 1.00 bits per heavy atom. The maximum absolute atomic E-state index is 12.7. The summed E-state index contributed by atoms with van der Waals surface area (Å²) in [4.78, 5) is 40.6. The Morgan fingerprint density at radius 2 is 1.78 bits per heavy atom. The van der Waals surface area contributed by atoms with Crippen molar-refractivity contribution in [2.45, 2.75) is 46.5 Å². The number of nitrogens with zero attached hydrogens (tertiary/aromatic N) is 4. The molecule has 0 spiro atoms. The quantitative estimate of drug-likeness (QED) is 0.493. The number of carbonyl (C=O) groups excluding carboxylic acids is 2. The van der Waals surface area contributed by atoms with Gasteiger partial charge in [-0.15, -0.1) is 11.3 Å². The first kappa shape index (κ1) is 22.4. The number of rotatable bonds is 7. The first-order valence-corrected chi connectivity index (χ1v) is 12.1. The lowest BCUT2D eigenvalue weighted by molar-refractivity contribution is -0.131. The van der Waals surface area contributed by atoms with Crippen molar-refractivity contribution in [3.63, 3.8) is 0 Å². The van der Waals surface area contributed by atoms with Crippen LogP contribution in [0.4, 0.5) is 5.82 Å². The number of aromatic nitrogens is 2. The Hall–Kier alpha value is -2.80. The molecule has 0 atom stereocenters. The third-order valence-corrected chi connectivity index (χ3v) is 7.45. The molecule has 0 unspecified atom stereocenters. The van der Waals surface area contributed by atoms with Gasteiger partial charge in [-0.25, -0.2) is 9.97 Å². The zero-order valence-electron chi connectivity index (χ0n) is 19.1. The molecule has 3 aromatic rings. The highest BCUT2D eigenvalue weighted by Gasteiger charge is 2.23. The van der Waals surface area contributed by atoms with Crippen LogP contribution in [-0.2, 0) is 11.2 Å². The van der Waals surface area contributed by atoms with E-state index in [1.165, 1.54) is 10.4 Å². The number of benzene rings is 1. The number of thiophene rings is 1. The van der Waals surface area contributed by atoms with Crippen molar-refractivity contribution in [1.29, 1.82) is 0 Å². The van der Waals surface area contributed by atoms with E-state index in [-0.39, 0.29) is 11.7 Å². The van der Waals surface area contributed by atoms with Crippen molar-refractivity contribution in [3.8, 4) is 0 Å². The zero-order valence-corrected chi connectivity index (χ0v) is 19.9. The number of amides is 1. The minimum Gasteiger partial charge on any atom is -0.352 e. The smallest absolute Gasteiger partial charge is 0.222 e. The third-order valence-electron chi connectivity index (χ3n) is 6.26. The fourth-order valence-electron chi connectivity index (χ4n) is 4.10. The molecule has 0 radical (unpaired) electrons. The normalized spacial score (nSPS) is 14.2. The Bertz CT molecular complexity index is 1130. The molecule has 3 heterocycles. The molecule has 1 aromatic carbocycles. The van der Waals surface area contributed by atoms with E-state index >= 15 is 0 Å². The summed E-state index contributed by atoms with van der Waals surface area (Å²) in [5.74, 6) is 1.21. The second-order valence-electron chi connectivity index (χ2n) is 8.43. The molecule has 1 saturated heterocycles. The molecule has 1 fully saturated rings. The minimum atomic E-state index is 0.112. The van der Waals surface area contributed by atoms with Crippen LogP contribution in [0.25, 0.3) is 10.2 Å². The predicted octanol–water partition coefficient (Wildman–Crippen LogP) is 4.57. The number of piperazine rings is 1. The molecule has 0 aliphatic carbocycles. The van der Waals surface area contributed by atoms with Crippen molar-refractivity contribution in [1.82, 2.24) is 14.9 Å². The van der Waals surface area contributed by atoms with Gasteiger partial charge in [0.25, 0.3) is 0 Å². The van der Waals surface area contributed by atoms with Gasteiger partial charge in [0.1, 0.15) is 17.0 Å². The lowest BCUT2D eigenvalue weighted by Crippen LogP contribution is -2.49. The molecule has 7 heteroatoms. The Morgan fingerprint density at radius 3 is 2.50 bits per heavy atom. The Balaban J connectivity index is 1.28. The molecule has 2 aromatic heterocycles. The molecule has 1 aliphatic rings. The van der Waals surface area contributed by atoms with Gasteiger partial charge in [-0.3, -0.25) is 9.59 Å². The molecule has 6 nitrogen and oxygen atoms in total. The van der Waals surface area contributed by atoms with Gasteiger partial charge in [0.15, 0.2) is 5.78 Å². The van der Waals surface area contributed by atoms with Gasteiger partial charge in [0.05, 0.1) is 5.39 Å². The van der Waals surface area contributed by atoms with E-state index in [9.17, 15) is 9.59 Å². The SMILES string of the molecule is CCc1cc2c(N3CCN(C(=O)CCCC(=O)c4ccc(C)c(C)c4)CC3)ncnc2s1. The van der Waals surface area contributed by atoms with E-state index in [0.717, 1.165) is 46.7 Å². The van der Waals surface area contributed by atoms with E-state index < -0.39 is 0 Å². The summed E-state index contributed by atoms with van der Waals surface area (Å²) in [6.45, 7) is 9.09. The van der Waals surface area contributed by atoms with E-state index in [4.69, 9.17) is 0 Å². The van der Waals surface area contributed by atoms with Crippen LogP contribution >= 0.6 is 11.3 Å². The van der Waals surface area contributed by atoms with Crippen molar-refractivity contribution >= 4 is 39.1 Å². The molecule has 1 amide bonds. The highest BCUT2D eigenvalue weighted by atomic mass is 32.1. The van der Waals surface area contributed by atoms with Crippen molar-refractivity contribution in [3.05, 3.63) is 52.2 Å². The summed E-state index contributed by atoms with van der Waals surface area (Å²) in [5.41, 5.74) is 3.05. The topological polar surface area (TPSA) is 66.4 Å². The molecular weight excluding hydrogens is 420 g/mol. The van der Waals surface area contributed by atoms with Gasteiger partial charge < -0.3 is 9.80 Å². The molecule has 0 N–H and O–H groups in total. The largest absolute Gasteiger partial charge is 0.352 e. The van der Waals surface area contributed by atoms with Crippen LogP contribution in [0.3, 0.4) is 0 Å². The maximum atomic E-state index is 12.7. The van der Waals surface area contributed by atoms with Gasteiger partial charge in [0, 0.05) is 49.5 Å². The minimum absolute atomic E-state index is 0.112. The number of carbonyl (C=O) groups is 2. The second-order valence-corrected chi connectivity index (χ2v) is 9.54. The summed E-state index contributed by atoms with van der Waals surface area (Å²) < 4.78 is 0. The first-order chi connectivity index (χ1) is 15.5. The number of fused-ring (bicyclic) bond motifs is 1. The van der Waals surface area contributed by atoms with E-state index in [0.29, 0.717) is 32.4 Å². The number of anilines is 1. The molecule has 0 saturated carbocycles. The average Bonchev–Trinajstić information content (AvgIpc) is 3.24. The van der Waals surface area contributed by atoms with Crippen LogP contribution in [0, 0.1) is 13.8 Å².